The maximum atomic E-state index is 8.80. The third-order valence-corrected chi connectivity index (χ3v) is 2.23. The number of ether oxygens (including phenoxy) is 2. The predicted octanol–water partition coefficient (Wildman–Crippen LogP) is 0.187. The Morgan fingerprint density at radius 2 is 2.13 bits per heavy atom. The topological polar surface area (TPSA) is 77.9 Å². The monoisotopic (exact) mass is 213 g/mol. The Kier molecular flexibility index (Phi) is 3.37. The molecule has 15 heavy (non-hydrogen) atoms. The van der Waals surface area contributed by atoms with Gasteiger partial charge in [0.05, 0.1) is 19.8 Å². The van der Waals surface area contributed by atoms with E-state index >= 15 is 0 Å². The summed E-state index contributed by atoms with van der Waals surface area (Å²) in [4.78, 5) is 0. The molecule has 1 aliphatic heterocycles. The molecule has 1 saturated heterocycles. The number of rotatable bonds is 4. The van der Waals surface area contributed by atoms with Crippen molar-refractivity contribution < 1.29 is 19.0 Å². The summed E-state index contributed by atoms with van der Waals surface area (Å²) in [6.45, 7) is 1.14. The van der Waals surface area contributed by atoms with Crippen LogP contribution in [0.3, 0.4) is 0 Å². The molecule has 1 aliphatic rings. The van der Waals surface area contributed by atoms with Gasteiger partial charge in [-0.3, -0.25) is 0 Å². The molecule has 84 valence electrons. The third kappa shape index (κ3) is 2.57. The second-order valence-corrected chi connectivity index (χ2v) is 3.52. The van der Waals surface area contributed by atoms with Gasteiger partial charge in [-0.2, -0.15) is 0 Å². The van der Waals surface area contributed by atoms with Gasteiger partial charge in [0, 0.05) is 12.5 Å². The highest BCUT2D eigenvalue weighted by Crippen LogP contribution is 2.25. The van der Waals surface area contributed by atoms with Crippen LogP contribution < -0.4 is 5.73 Å². The van der Waals surface area contributed by atoms with Crippen LogP contribution in [0, 0.1) is 0 Å². The normalized spacial score (nSPS) is 19.6. The molecule has 0 saturated carbocycles. The zero-order valence-corrected chi connectivity index (χ0v) is 8.39. The Hall–Kier alpha value is -0.880. The van der Waals surface area contributed by atoms with Crippen LogP contribution in [0.4, 0.5) is 0 Å². The standard InChI is InChI=1S/C10H15NO4/c11-7(6-12)5-8-1-2-9(15-8)10-13-3-4-14-10/h1-2,7,10,12H,3-6,11H2. The van der Waals surface area contributed by atoms with E-state index in [0.717, 1.165) is 5.76 Å². The molecule has 5 heteroatoms. The fourth-order valence-corrected chi connectivity index (χ4v) is 1.48. The first-order valence-electron chi connectivity index (χ1n) is 4.98. The zero-order valence-electron chi connectivity index (χ0n) is 8.39. The number of aliphatic hydroxyl groups is 1. The first-order chi connectivity index (χ1) is 7.29. The first-order valence-corrected chi connectivity index (χ1v) is 4.98. The molecule has 5 nitrogen and oxygen atoms in total. The average Bonchev–Trinajstić information content (AvgIpc) is 2.85. The number of hydrogen-bond acceptors (Lipinski definition) is 5. The number of furan rings is 1. The van der Waals surface area contributed by atoms with Crippen LogP contribution in [0.25, 0.3) is 0 Å². The summed E-state index contributed by atoms with van der Waals surface area (Å²) < 4.78 is 16.1. The molecule has 0 aromatic carbocycles. The Bertz CT molecular complexity index is 306. The number of hydrogen-bond donors (Lipinski definition) is 2. The van der Waals surface area contributed by atoms with Gasteiger partial charge in [0.15, 0.2) is 5.76 Å². The first kappa shape index (κ1) is 10.6. The lowest BCUT2D eigenvalue weighted by molar-refractivity contribution is -0.0594. The van der Waals surface area contributed by atoms with Crippen molar-refractivity contribution >= 4 is 0 Å². The van der Waals surface area contributed by atoms with Crippen LogP contribution in [0.1, 0.15) is 17.8 Å². The van der Waals surface area contributed by atoms with Gasteiger partial charge < -0.3 is 24.7 Å². The Morgan fingerprint density at radius 3 is 2.80 bits per heavy atom. The second-order valence-electron chi connectivity index (χ2n) is 3.52. The van der Waals surface area contributed by atoms with Crippen LogP contribution in [0.5, 0.6) is 0 Å². The van der Waals surface area contributed by atoms with Crippen molar-refractivity contribution in [2.24, 2.45) is 5.73 Å². The largest absolute Gasteiger partial charge is 0.461 e. The molecule has 0 aliphatic carbocycles. The molecule has 2 heterocycles. The summed E-state index contributed by atoms with van der Waals surface area (Å²) >= 11 is 0. The Morgan fingerprint density at radius 1 is 1.40 bits per heavy atom. The van der Waals surface area contributed by atoms with Crippen LogP contribution >= 0.6 is 0 Å². The minimum absolute atomic E-state index is 0.0491. The lowest BCUT2D eigenvalue weighted by Crippen LogP contribution is -2.26. The van der Waals surface area contributed by atoms with E-state index < -0.39 is 0 Å². The van der Waals surface area contributed by atoms with Gasteiger partial charge in [-0.05, 0) is 12.1 Å². The molecular weight excluding hydrogens is 198 g/mol. The molecule has 0 amide bonds. The summed E-state index contributed by atoms with van der Waals surface area (Å²) in [6, 6.07) is 3.36. The lowest BCUT2D eigenvalue weighted by atomic mass is 10.2. The molecule has 0 radical (unpaired) electrons. The highest BCUT2D eigenvalue weighted by atomic mass is 16.7. The lowest BCUT2D eigenvalue weighted by Gasteiger charge is -2.06. The van der Waals surface area contributed by atoms with Gasteiger partial charge in [-0.25, -0.2) is 0 Å². The van der Waals surface area contributed by atoms with Gasteiger partial charge in [0.2, 0.25) is 6.29 Å². The maximum Gasteiger partial charge on any atom is 0.217 e. The van der Waals surface area contributed by atoms with Gasteiger partial charge in [0.1, 0.15) is 5.76 Å². The van der Waals surface area contributed by atoms with Crippen molar-refractivity contribution in [2.45, 2.75) is 18.8 Å². The van der Waals surface area contributed by atoms with Gasteiger partial charge in [0.25, 0.3) is 0 Å². The van der Waals surface area contributed by atoms with Crippen LogP contribution in [-0.2, 0) is 15.9 Å². The van der Waals surface area contributed by atoms with Crippen molar-refractivity contribution in [3.8, 4) is 0 Å². The Labute approximate surface area is 87.8 Å². The van der Waals surface area contributed by atoms with Crippen molar-refractivity contribution in [1.82, 2.24) is 0 Å². The van der Waals surface area contributed by atoms with Crippen LogP contribution in [0.15, 0.2) is 16.5 Å². The van der Waals surface area contributed by atoms with Crippen LogP contribution in [0.2, 0.25) is 0 Å². The summed E-state index contributed by atoms with van der Waals surface area (Å²) in [5, 5.41) is 8.80. The van der Waals surface area contributed by atoms with E-state index in [2.05, 4.69) is 0 Å². The smallest absolute Gasteiger partial charge is 0.217 e. The van der Waals surface area contributed by atoms with Crippen molar-refractivity contribution in [1.29, 1.82) is 0 Å². The highest BCUT2D eigenvalue weighted by molar-refractivity contribution is 5.09. The third-order valence-electron chi connectivity index (χ3n) is 2.23. The van der Waals surface area contributed by atoms with Crippen molar-refractivity contribution in [3.63, 3.8) is 0 Å². The quantitative estimate of drug-likeness (QED) is 0.746. The molecule has 1 atom stereocenters. The summed E-state index contributed by atoms with van der Waals surface area (Å²) in [5.74, 6) is 1.40. The van der Waals surface area contributed by atoms with Gasteiger partial charge in [-0.1, -0.05) is 0 Å². The van der Waals surface area contributed by atoms with E-state index in [-0.39, 0.29) is 18.9 Å². The molecule has 0 spiro atoms. The van der Waals surface area contributed by atoms with Crippen molar-refractivity contribution in [3.05, 3.63) is 23.7 Å². The minimum atomic E-state index is -0.385. The molecule has 1 fully saturated rings. The maximum absolute atomic E-state index is 8.80. The zero-order chi connectivity index (χ0) is 10.7. The predicted molar refractivity (Wildman–Crippen MR) is 52.1 cm³/mol. The summed E-state index contributed by atoms with van der Waals surface area (Å²) in [5.41, 5.74) is 5.60. The molecular formula is C10H15NO4. The fraction of sp³-hybridized carbons (Fsp3) is 0.600. The van der Waals surface area contributed by atoms with E-state index in [1.807, 2.05) is 12.1 Å². The summed E-state index contributed by atoms with van der Waals surface area (Å²) in [7, 11) is 0. The fourth-order valence-electron chi connectivity index (χ4n) is 1.48. The van der Waals surface area contributed by atoms with E-state index in [1.54, 1.807) is 0 Å². The van der Waals surface area contributed by atoms with E-state index in [9.17, 15) is 0 Å². The molecule has 0 bridgehead atoms. The molecule has 1 aromatic rings. The molecule has 3 N–H and O–H groups in total. The van der Waals surface area contributed by atoms with Crippen LogP contribution in [-0.4, -0.2) is 31.0 Å². The second kappa shape index (κ2) is 4.76. The molecule has 1 aromatic heterocycles. The SMILES string of the molecule is NC(CO)Cc1ccc(C2OCCO2)o1. The van der Waals surface area contributed by atoms with E-state index in [1.165, 1.54) is 0 Å². The van der Waals surface area contributed by atoms with Gasteiger partial charge >= 0.3 is 0 Å². The number of aliphatic hydroxyl groups excluding tert-OH is 1. The van der Waals surface area contributed by atoms with E-state index in [0.29, 0.717) is 25.4 Å². The number of nitrogens with two attached hydrogens (primary N) is 1. The Balaban J connectivity index is 1.97. The minimum Gasteiger partial charge on any atom is -0.461 e. The molecule has 2 rings (SSSR count). The van der Waals surface area contributed by atoms with Gasteiger partial charge in [-0.15, -0.1) is 0 Å². The molecule has 1 unspecified atom stereocenters. The highest BCUT2D eigenvalue weighted by Gasteiger charge is 2.21. The summed E-state index contributed by atoms with van der Waals surface area (Å²) in [6.07, 6.45) is 0.132. The van der Waals surface area contributed by atoms with Crippen molar-refractivity contribution in [2.75, 3.05) is 19.8 Å². The van der Waals surface area contributed by atoms with E-state index in [4.69, 9.17) is 24.7 Å². The average molecular weight is 213 g/mol.